The molecule has 2 aromatic rings. The van der Waals surface area contributed by atoms with Crippen LogP contribution in [0.15, 0.2) is 41.8 Å². The largest absolute Gasteiger partial charge is 0.482 e. The molecule has 0 fully saturated rings. The minimum atomic E-state index is -0.580. The summed E-state index contributed by atoms with van der Waals surface area (Å²) in [5.74, 6) is -0.0140. The lowest BCUT2D eigenvalue weighted by atomic mass is 10.1. The summed E-state index contributed by atoms with van der Waals surface area (Å²) in [5.41, 5.74) is 3.19. The molecule has 1 aromatic carbocycles. The highest BCUT2D eigenvalue weighted by Gasteiger charge is 2.08. The average molecular weight is 333 g/mol. The van der Waals surface area contributed by atoms with Crippen molar-refractivity contribution in [1.82, 2.24) is 4.98 Å². The highest BCUT2D eigenvalue weighted by atomic mass is 35.5. The standard InChI is InChI=1S/C17H17ClN2O3/c1-11-8-15(9-12(2)17(11)18)22-10-16(21)23-20-13(3)14-4-6-19-7-5-14/h4-9H,10H2,1-3H3/b20-13-. The summed E-state index contributed by atoms with van der Waals surface area (Å²) in [4.78, 5) is 20.5. The van der Waals surface area contributed by atoms with E-state index in [-0.39, 0.29) is 6.61 Å². The molecule has 0 amide bonds. The molecule has 0 unspecified atom stereocenters. The summed E-state index contributed by atoms with van der Waals surface area (Å²) in [6, 6.07) is 7.10. The molecule has 0 aliphatic heterocycles. The summed E-state index contributed by atoms with van der Waals surface area (Å²) in [5, 5.41) is 4.49. The van der Waals surface area contributed by atoms with Crippen molar-refractivity contribution in [3.63, 3.8) is 0 Å². The molecule has 6 heteroatoms. The topological polar surface area (TPSA) is 60.8 Å². The fourth-order valence-corrected chi connectivity index (χ4v) is 2.03. The molecular formula is C17H17ClN2O3. The van der Waals surface area contributed by atoms with Crippen LogP contribution >= 0.6 is 11.6 Å². The maximum atomic E-state index is 11.7. The quantitative estimate of drug-likeness (QED) is 0.476. The molecular weight excluding hydrogens is 316 g/mol. The molecule has 1 heterocycles. The van der Waals surface area contributed by atoms with Crippen LogP contribution in [0.25, 0.3) is 0 Å². The third kappa shape index (κ3) is 4.79. The van der Waals surface area contributed by atoms with Crippen molar-refractivity contribution in [2.75, 3.05) is 6.61 Å². The SMILES string of the molecule is C/C(=N/OC(=O)COc1cc(C)c(Cl)c(C)c1)c1ccncc1. The number of rotatable bonds is 5. The first-order valence-electron chi connectivity index (χ1n) is 7.01. The maximum absolute atomic E-state index is 11.7. The van der Waals surface area contributed by atoms with Gasteiger partial charge < -0.3 is 9.57 Å². The predicted octanol–water partition coefficient (Wildman–Crippen LogP) is 3.70. The van der Waals surface area contributed by atoms with E-state index in [2.05, 4.69) is 10.1 Å². The van der Waals surface area contributed by atoms with Crippen LogP contribution in [-0.2, 0) is 9.63 Å². The molecule has 1 aromatic heterocycles. The van der Waals surface area contributed by atoms with Gasteiger partial charge in [-0.15, -0.1) is 0 Å². The molecule has 2 rings (SSSR count). The van der Waals surface area contributed by atoms with Crippen molar-refractivity contribution < 1.29 is 14.4 Å². The number of aromatic nitrogens is 1. The molecule has 120 valence electrons. The van der Waals surface area contributed by atoms with Crippen LogP contribution in [0.2, 0.25) is 5.02 Å². The number of ether oxygens (including phenoxy) is 1. The Morgan fingerprint density at radius 2 is 1.83 bits per heavy atom. The van der Waals surface area contributed by atoms with Crippen LogP contribution in [-0.4, -0.2) is 23.3 Å². The van der Waals surface area contributed by atoms with E-state index in [4.69, 9.17) is 21.2 Å². The predicted molar refractivity (Wildman–Crippen MR) is 89.0 cm³/mol. The smallest absolute Gasteiger partial charge is 0.372 e. The maximum Gasteiger partial charge on any atom is 0.372 e. The van der Waals surface area contributed by atoms with Crippen molar-refractivity contribution in [1.29, 1.82) is 0 Å². The normalized spacial score (nSPS) is 11.2. The van der Waals surface area contributed by atoms with Gasteiger partial charge in [0, 0.05) is 23.0 Å². The second-order valence-corrected chi connectivity index (χ2v) is 5.41. The first-order chi connectivity index (χ1) is 11.0. The minimum Gasteiger partial charge on any atom is -0.482 e. The summed E-state index contributed by atoms with van der Waals surface area (Å²) in [6.07, 6.45) is 3.29. The fraction of sp³-hybridized carbons (Fsp3) is 0.235. The number of nitrogens with zero attached hydrogens (tertiary/aromatic N) is 2. The molecule has 23 heavy (non-hydrogen) atoms. The number of halogens is 1. The van der Waals surface area contributed by atoms with Crippen LogP contribution in [0.4, 0.5) is 0 Å². The van der Waals surface area contributed by atoms with Gasteiger partial charge in [-0.3, -0.25) is 4.98 Å². The van der Waals surface area contributed by atoms with Crippen LogP contribution < -0.4 is 4.74 Å². The Bertz CT molecular complexity index is 707. The number of hydrogen-bond acceptors (Lipinski definition) is 5. The molecule has 0 spiro atoms. The Morgan fingerprint density at radius 3 is 2.43 bits per heavy atom. The molecule has 0 N–H and O–H groups in total. The number of pyridine rings is 1. The van der Waals surface area contributed by atoms with Crippen molar-refractivity contribution in [2.45, 2.75) is 20.8 Å². The third-order valence-corrected chi connectivity index (χ3v) is 3.75. The Kier molecular flexibility index (Phi) is 5.71. The van der Waals surface area contributed by atoms with E-state index in [0.29, 0.717) is 16.5 Å². The van der Waals surface area contributed by atoms with Gasteiger partial charge in [0.15, 0.2) is 6.61 Å². The molecule has 5 nitrogen and oxygen atoms in total. The van der Waals surface area contributed by atoms with Gasteiger partial charge in [0.2, 0.25) is 0 Å². The van der Waals surface area contributed by atoms with Crippen molar-refractivity contribution >= 4 is 23.3 Å². The summed E-state index contributed by atoms with van der Waals surface area (Å²) in [6.45, 7) is 5.27. The minimum absolute atomic E-state index is 0.229. The molecule has 0 radical (unpaired) electrons. The number of carbonyl (C=O) groups is 1. The molecule has 0 atom stereocenters. The highest BCUT2D eigenvalue weighted by Crippen LogP contribution is 2.25. The second kappa shape index (κ2) is 7.74. The van der Waals surface area contributed by atoms with E-state index in [1.54, 1.807) is 43.6 Å². The molecule has 0 aliphatic rings. The first-order valence-corrected chi connectivity index (χ1v) is 7.39. The van der Waals surface area contributed by atoms with E-state index >= 15 is 0 Å². The Balaban J connectivity index is 1.91. The lowest BCUT2D eigenvalue weighted by Crippen LogP contribution is -2.13. The van der Waals surface area contributed by atoms with Gasteiger partial charge in [-0.2, -0.15) is 0 Å². The van der Waals surface area contributed by atoms with Crippen LogP contribution in [0.1, 0.15) is 23.6 Å². The Labute approximate surface area is 139 Å². The Hall–Kier alpha value is -2.40. The van der Waals surface area contributed by atoms with Gasteiger partial charge in [0.25, 0.3) is 0 Å². The van der Waals surface area contributed by atoms with Gasteiger partial charge in [-0.1, -0.05) is 16.8 Å². The van der Waals surface area contributed by atoms with Crippen LogP contribution in [0, 0.1) is 13.8 Å². The lowest BCUT2D eigenvalue weighted by molar-refractivity contribution is -0.146. The van der Waals surface area contributed by atoms with Crippen molar-refractivity contribution in [3.8, 4) is 5.75 Å². The number of aryl methyl sites for hydroxylation is 2. The fourth-order valence-electron chi connectivity index (χ4n) is 1.92. The number of benzene rings is 1. The monoisotopic (exact) mass is 332 g/mol. The van der Waals surface area contributed by atoms with E-state index in [9.17, 15) is 4.79 Å². The summed E-state index contributed by atoms with van der Waals surface area (Å²) < 4.78 is 5.41. The first kappa shape index (κ1) is 17.0. The van der Waals surface area contributed by atoms with E-state index < -0.39 is 5.97 Å². The van der Waals surface area contributed by atoms with Gasteiger partial charge >= 0.3 is 5.97 Å². The van der Waals surface area contributed by atoms with Gasteiger partial charge in [0.1, 0.15) is 5.75 Å². The number of oxime groups is 1. The van der Waals surface area contributed by atoms with Gasteiger partial charge in [0.05, 0.1) is 5.71 Å². The van der Waals surface area contributed by atoms with E-state index in [1.807, 2.05) is 13.8 Å². The van der Waals surface area contributed by atoms with Gasteiger partial charge in [-0.25, -0.2) is 4.79 Å². The molecule has 0 bridgehead atoms. The molecule has 0 saturated carbocycles. The highest BCUT2D eigenvalue weighted by molar-refractivity contribution is 6.32. The zero-order valence-corrected chi connectivity index (χ0v) is 13.9. The van der Waals surface area contributed by atoms with Crippen LogP contribution in [0.5, 0.6) is 5.75 Å². The summed E-state index contributed by atoms with van der Waals surface area (Å²) >= 11 is 6.09. The van der Waals surface area contributed by atoms with Crippen LogP contribution in [0.3, 0.4) is 0 Å². The summed E-state index contributed by atoms with van der Waals surface area (Å²) in [7, 11) is 0. The van der Waals surface area contributed by atoms with Crippen molar-refractivity contribution in [3.05, 3.63) is 58.4 Å². The molecule has 0 aliphatic carbocycles. The lowest BCUT2D eigenvalue weighted by Gasteiger charge is -2.08. The van der Waals surface area contributed by atoms with E-state index in [0.717, 1.165) is 16.7 Å². The zero-order chi connectivity index (χ0) is 16.8. The number of hydrogen-bond donors (Lipinski definition) is 0. The van der Waals surface area contributed by atoms with Gasteiger partial charge in [-0.05, 0) is 56.2 Å². The number of carbonyl (C=O) groups excluding carboxylic acids is 1. The third-order valence-electron chi connectivity index (χ3n) is 3.15. The molecule has 0 saturated heterocycles. The zero-order valence-electron chi connectivity index (χ0n) is 13.2. The van der Waals surface area contributed by atoms with Crippen molar-refractivity contribution in [2.24, 2.45) is 5.16 Å². The Morgan fingerprint density at radius 1 is 1.22 bits per heavy atom. The van der Waals surface area contributed by atoms with E-state index in [1.165, 1.54) is 0 Å². The second-order valence-electron chi connectivity index (χ2n) is 5.04. The average Bonchev–Trinajstić information content (AvgIpc) is 2.56.